The number of carbonyl (C=O) groups is 1. The smallest absolute Gasteiger partial charge is 0.338 e. The minimum absolute atomic E-state index is 0.0889. The number of hydrogen-bond acceptors (Lipinski definition) is 4. The average Bonchev–Trinajstić information content (AvgIpc) is 2.78. The number of rotatable bonds is 3. The highest BCUT2D eigenvalue weighted by atomic mass is 16.5. The summed E-state index contributed by atoms with van der Waals surface area (Å²) in [6.07, 6.45) is 6.40. The van der Waals surface area contributed by atoms with Crippen molar-refractivity contribution in [2.45, 2.75) is 58.7 Å². The second kappa shape index (κ2) is 6.73. The number of phenolic OH excluding ortho intramolecular Hbond substituents is 1. The first-order valence-electron chi connectivity index (χ1n) is 9.57. The fraction of sp³-hybridized carbons (Fsp3) is 0.591. The molecule has 142 valence electrons. The number of fused-ring (bicyclic) bond motifs is 1. The maximum Gasteiger partial charge on any atom is 0.338 e. The number of aromatic hydroxyl groups is 1. The van der Waals surface area contributed by atoms with E-state index in [2.05, 4.69) is 26.0 Å². The van der Waals surface area contributed by atoms with Crippen LogP contribution in [0.1, 0.15) is 57.3 Å². The molecule has 26 heavy (non-hydrogen) atoms. The molecule has 1 saturated carbocycles. The van der Waals surface area contributed by atoms with Gasteiger partial charge in [0.25, 0.3) is 0 Å². The van der Waals surface area contributed by atoms with Crippen LogP contribution >= 0.6 is 0 Å². The molecular formula is C22H30O4. The largest absolute Gasteiger partial charge is 0.508 e. The molecule has 2 aliphatic carbocycles. The highest BCUT2D eigenvalue weighted by Crippen LogP contribution is 2.57. The molecule has 1 aromatic rings. The summed E-state index contributed by atoms with van der Waals surface area (Å²) >= 11 is 0. The van der Waals surface area contributed by atoms with Crippen LogP contribution in [-0.2, 0) is 4.74 Å². The first kappa shape index (κ1) is 19.0. The van der Waals surface area contributed by atoms with Gasteiger partial charge in [-0.15, -0.1) is 0 Å². The van der Waals surface area contributed by atoms with Crippen LogP contribution in [0.15, 0.2) is 36.4 Å². The van der Waals surface area contributed by atoms with Crippen molar-refractivity contribution in [2.75, 3.05) is 0 Å². The molecular weight excluding hydrogens is 328 g/mol. The minimum atomic E-state index is -0.844. The van der Waals surface area contributed by atoms with Gasteiger partial charge in [0.2, 0.25) is 0 Å². The molecule has 0 radical (unpaired) electrons. The van der Waals surface area contributed by atoms with E-state index in [1.807, 2.05) is 13.8 Å². The molecule has 5 atom stereocenters. The van der Waals surface area contributed by atoms with E-state index >= 15 is 0 Å². The van der Waals surface area contributed by atoms with E-state index < -0.39 is 11.6 Å². The quantitative estimate of drug-likeness (QED) is 0.624. The summed E-state index contributed by atoms with van der Waals surface area (Å²) in [5, 5.41) is 20.9. The molecule has 0 unspecified atom stereocenters. The molecule has 4 heteroatoms. The zero-order valence-electron chi connectivity index (χ0n) is 16.1. The van der Waals surface area contributed by atoms with E-state index in [0.717, 1.165) is 12.8 Å². The van der Waals surface area contributed by atoms with Crippen molar-refractivity contribution in [3.63, 3.8) is 0 Å². The van der Waals surface area contributed by atoms with Gasteiger partial charge in [0.1, 0.15) is 11.9 Å². The van der Waals surface area contributed by atoms with E-state index in [4.69, 9.17) is 4.74 Å². The second-order valence-electron chi connectivity index (χ2n) is 8.69. The molecule has 0 amide bonds. The molecule has 0 aliphatic heterocycles. The number of hydrogen-bond donors (Lipinski definition) is 2. The van der Waals surface area contributed by atoms with Gasteiger partial charge in [0, 0.05) is 5.92 Å². The van der Waals surface area contributed by atoms with Crippen LogP contribution in [0, 0.1) is 23.2 Å². The number of allylic oxidation sites excluding steroid dienone is 2. The molecule has 1 fully saturated rings. The second-order valence-corrected chi connectivity index (χ2v) is 8.69. The number of ether oxygens (including phenoxy) is 1. The number of esters is 1. The number of benzene rings is 1. The third-order valence-electron chi connectivity index (χ3n) is 6.46. The molecule has 2 aliphatic rings. The van der Waals surface area contributed by atoms with Gasteiger partial charge >= 0.3 is 5.97 Å². The lowest BCUT2D eigenvalue weighted by molar-refractivity contribution is -0.108. The zero-order valence-corrected chi connectivity index (χ0v) is 16.1. The normalized spacial score (nSPS) is 36.6. The SMILES string of the molecule is CC(C)[C@]1(O)CC[C@@]2(C)C=C[C@@H](C)C[C@H](OC(=O)c3ccc(O)cc3)[C@@H]12. The van der Waals surface area contributed by atoms with Crippen LogP contribution in [0.5, 0.6) is 5.75 Å². The van der Waals surface area contributed by atoms with E-state index in [0.29, 0.717) is 12.0 Å². The molecule has 1 aromatic carbocycles. The zero-order chi connectivity index (χ0) is 19.1. The van der Waals surface area contributed by atoms with Gasteiger partial charge in [-0.3, -0.25) is 0 Å². The lowest BCUT2D eigenvalue weighted by Gasteiger charge is -2.43. The molecule has 2 N–H and O–H groups in total. The molecule has 0 bridgehead atoms. The van der Waals surface area contributed by atoms with Crippen molar-refractivity contribution in [3.05, 3.63) is 42.0 Å². The maximum absolute atomic E-state index is 12.7. The highest BCUT2D eigenvalue weighted by Gasteiger charge is 2.58. The van der Waals surface area contributed by atoms with Crippen LogP contribution in [-0.4, -0.2) is 27.9 Å². The number of aliphatic hydroxyl groups is 1. The summed E-state index contributed by atoms with van der Waals surface area (Å²) in [5.41, 5.74) is -0.604. The summed E-state index contributed by atoms with van der Waals surface area (Å²) in [6, 6.07) is 6.10. The van der Waals surface area contributed by atoms with Gasteiger partial charge in [-0.05, 0) is 60.8 Å². The molecule has 0 spiro atoms. The lowest BCUT2D eigenvalue weighted by atomic mass is 9.68. The van der Waals surface area contributed by atoms with Gasteiger partial charge in [-0.1, -0.05) is 39.8 Å². The molecule has 3 rings (SSSR count). The summed E-state index contributed by atoms with van der Waals surface area (Å²) in [7, 11) is 0. The summed E-state index contributed by atoms with van der Waals surface area (Å²) in [5.74, 6) is -0.0365. The van der Waals surface area contributed by atoms with E-state index in [9.17, 15) is 15.0 Å². The molecule has 4 nitrogen and oxygen atoms in total. The van der Waals surface area contributed by atoms with Crippen molar-refractivity contribution in [2.24, 2.45) is 23.2 Å². The summed E-state index contributed by atoms with van der Waals surface area (Å²) < 4.78 is 5.97. The Bertz CT molecular complexity index is 693. The lowest BCUT2D eigenvalue weighted by Crippen LogP contribution is -2.50. The van der Waals surface area contributed by atoms with Crippen LogP contribution in [0.25, 0.3) is 0 Å². The van der Waals surface area contributed by atoms with Crippen molar-refractivity contribution in [3.8, 4) is 5.75 Å². The van der Waals surface area contributed by atoms with Crippen LogP contribution in [0.4, 0.5) is 0 Å². The third-order valence-corrected chi connectivity index (χ3v) is 6.46. The van der Waals surface area contributed by atoms with Crippen LogP contribution < -0.4 is 0 Å². The first-order chi connectivity index (χ1) is 12.2. The Balaban J connectivity index is 1.92. The third kappa shape index (κ3) is 3.27. The van der Waals surface area contributed by atoms with Gasteiger partial charge in [0.15, 0.2) is 0 Å². The standard InChI is InChI=1S/C22H30O4/c1-14(2)22(25)12-11-21(4)10-9-15(3)13-18(19(21)22)26-20(24)16-5-7-17(23)8-6-16/h5-10,14-15,18-19,23,25H,11-13H2,1-4H3/t15-,18+,19-,21-,22-/m1/s1. The Labute approximate surface area is 155 Å². The van der Waals surface area contributed by atoms with Gasteiger partial charge in [-0.2, -0.15) is 0 Å². The van der Waals surface area contributed by atoms with Crippen molar-refractivity contribution in [1.29, 1.82) is 0 Å². The van der Waals surface area contributed by atoms with Crippen molar-refractivity contribution in [1.82, 2.24) is 0 Å². The topological polar surface area (TPSA) is 66.8 Å². The fourth-order valence-corrected chi connectivity index (χ4v) is 4.82. The number of phenols is 1. The minimum Gasteiger partial charge on any atom is -0.508 e. The Morgan fingerprint density at radius 1 is 1.23 bits per heavy atom. The average molecular weight is 358 g/mol. The fourth-order valence-electron chi connectivity index (χ4n) is 4.82. The van der Waals surface area contributed by atoms with Crippen molar-refractivity contribution >= 4 is 5.97 Å². The predicted molar refractivity (Wildman–Crippen MR) is 101 cm³/mol. The molecule has 0 heterocycles. The van der Waals surface area contributed by atoms with E-state index in [1.54, 1.807) is 12.1 Å². The summed E-state index contributed by atoms with van der Waals surface area (Å²) in [6.45, 7) is 8.38. The van der Waals surface area contributed by atoms with Crippen molar-refractivity contribution < 1.29 is 19.7 Å². The molecule has 0 aromatic heterocycles. The monoisotopic (exact) mass is 358 g/mol. The Morgan fingerprint density at radius 2 is 1.88 bits per heavy atom. The molecule has 0 saturated heterocycles. The Morgan fingerprint density at radius 3 is 2.50 bits per heavy atom. The van der Waals surface area contributed by atoms with Gasteiger partial charge in [-0.25, -0.2) is 4.79 Å². The van der Waals surface area contributed by atoms with Crippen LogP contribution in [0.3, 0.4) is 0 Å². The summed E-state index contributed by atoms with van der Waals surface area (Å²) in [4.78, 5) is 12.7. The van der Waals surface area contributed by atoms with E-state index in [1.165, 1.54) is 12.1 Å². The predicted octanol–water partition coefficient (Wildman–Crippen LogP) is 4.32. The maximum atomic E-state index is 12.7. The highest BCUT2D eigenvalue weighted by molar-refractivity contribution is 5.89. The Kier molecular flexibility index (Phi) is 4.91. The van der Waals surface area contributed by atoms with Crippen LogP contribution in [0.2, 0.25) is 0 Å². The van der Waals surface area contributed by atoms with Gasteiger partial charge in [0.05, 0.1) is 11.2 Å². The first-order valence-corrected chi connectivity index (χ1v) is 9.57. The van der Waals surface area contributed by atoms with Gasteiger partial charge < -0.3 is 14.9 Å². The van der Waals surface area contributed by atoms with E-state index in [-0.39, 0.29) is 35.0 Å². The Hall–Kier alpha value is -1.81. The number of carbonyl (C=O) groups excluding carboxylic acids is 1.